The first-order valence-corrected chi connectivity index (χ1v) is 5.89. The van der Waals surface area contributed by atoms with E-state index in [1.165, 1.54) is 17.4 Å². The highest BCUT2D eigenvalue weighted by atomic mass is 35.5. The zero-order chi connectivity index (χ0) is 11.7. The standard InChI is InChI=1S/C12H8ClFOS/c1-7-2-3-8(6-10(7)14)11(15)12-9(13)4-5-16-12/h2-6H,1H3. The molecule has 0 saturated heterocycles. The van der Waals surface area contributed by atoms with Crippen LogP contribution < -0.4 is 0 Å². The summed E-state index contributed by atoms with van der Waals surface area (Å²) >= 11 is 7.11. The minimum absolute atomic E-state index is 0.237. The van der Waals surface area contributed by atoms with Gasteiger partial charge >= 0.3 is 0 Å². The van der Waals surface area contributed by atoms with Crippen LogP contribution in [0.5, 0.6) is 0 Å². The second-order valence-corrected chi connectivity index (χ2v) is 4.71. The molecule has 0 bridgehead atoms. The van der Waals surface area contributed by atoms with Gasteiger partial charge in [0.05, 0.1) is 9.90 Å². The number of benzene rings is 1. The van der Waals surface area contributed by atoms with Gasteiger partial charge in [-0.15, -0.1) is 11.3 Å². The summed E-state index contributed by atoms with van der Waals surface area (Å²) in [5.41, 5.74) is 0.848. The Morgan fingerprint density at radius 2 is 2.12 bits per heavy atom. The summed E-state index contributed by atoms with van der Waals surface area (Å²) in [5.74, 6) is -0.613. The first kappa shape index (κ1) is 11.3. The lowest BCUT2D eigenvalue weighted by atomic mass is 10.1. The van der Waals surface area contributed by atoms with Gasteiger partial charge in [0.1, 0.15) is 5.82 Å². The van der Waals surface area contributed by atoms with E-state index in [9.17, 15) is 9.18 Å². The predicted octanol–water partition coefficient (Wildman–Crippen LogP) is 4.08. The third kappa shape index (κ3) is 2.01. The van der Waals surface area contributed by atoms with E-state index >= 15 is 0 Å². The third-order valence-electron chi connectivity index (χ3n) is 2.26. The van der Waals surface area contributed by atoms with Crippen molar-refractivity contribution in [3.05, 3.63) is 56.5 Å². The minimum atomic E-state index is -0.376. The molecule has 82 valence electrons. The van der Waals surface area contributed by atoms with Crippen LogP contribution in [0.15, 0.2) is 29.6 Å². The van der Waals surface area contributed by atoms with Gasteiger partial charge in [-0.25, -0.2) is 4.39 Å². The number of carbonyl (C=O) groups is 1. The molecule has 1 aromatic carbocycles. The van der Waals surface area contributed by atoms with Crippen LogP contribution in [0.25, 0.3) is 0 Å². The molecule has 0 amide bonds. The lowest BCUT2D eigenvalue weighted by Crippen LogP contribution is -2.00. The van der Waals surface area contributed by atoms with E-state index in [1.54, 1.807) is 30.5 Å². The van der Waals surface area contributed by atoms with E-state index in [-0.39, 0.29) is 11.6 Å². The van der Waals surface area contributed by atoms with E-state index in [0.717, 1.165) is 0 Å². The van der Waals surface area contributed by atoms with Crippen molar-refractivity contribution < 1.29 is 9.18 Å². The fourth-order valence-electron chi connectivity index (χ4n) is 1.32. The first-order valence-electron chi connectivity index (χ1n) is 4.63. The van der Waals surface area contributed by atoms with Crippen LogP contribution in [0.2, 0.25) is 5.02 Å². The maximum Gasteiger partial charge on any atom is 0.204 e. The van der Waals surface area contributed by atoms with Gasteiger partial charge in [0, 0.05) is 5.56 Å². The molecule has 2 aromatic rings. The Morgan fingerprint density at radius 3 is 2.69 bits per heavy atom. The number of thiophene rings is 1. The number of hydrogen-bond donors (Lipinski definition) is 0. The quantitative estimate of drug-likeness (QED) is 0.738. The Hall–Kier alpha value is -1.19. The fourth-order valence-corrected chi connectivity index (χ4v) is 2.42. The van der Waals surface area contributed by atoms with Crippen LogP contribution in [0.3, 0.4) is 0 Å². The van der Waals surface area contributed by atoms with Gasteiger partial charge in [0.15, 0.2) is 0 Å². The van der Waals surface area contributed by atoms with Crippen molar-refractivity contribution >= 4 is 28.7 Å². The van der Waals surface area contributed by atoms with Crippen LogP contribution in [0.4, 0.5) is 4.39 Å². The van der Waals surface area contributed by atoms with Gasteiger partial charge in [0.25, 0.3) is 0 Å². The summed E-state index contributed by atoms with van der Waals surface area (Å²) in [6.07, 6.45) is 0. The van der Waals surface area contributed by atoms with Gasteiger partial charge in [-0.3, -0.25) is 4.79 Å². The molecule has 16 heavy (non-hydrogen) atoms. The van der Waals surface area contributed by atoms with Crippen LogP contribution in [0, 0.1) is 12.7 Å². The average molecular weight is 255 g/mol. The summed E-state index contributed by atoms with van der Waals surface area (Å²) in [4.78, 5) is 12.4. The highest BCUT2D eigenvalue weighted by molar-refractivity contribution is 7.13. The van der Waals surface area contributed by atoms with Crippen LogP contribution in [0.1, 0.15) is 20.8 Å². The van der Waals surface area contributed by atoms with E-state index < -0.39 is 0 Å². The van der Waals surface area contributed by atoms with Crippen molar-refractivity contribution in [3.63, 3.8) is 0 Å². The van der Waals surface area contributed by atoms with Gasteiger partial charge in [-0.05, 0) is 30.0 Å². The van der Waals surface area contributed by atoms with Gasteiger partial charge in [-0.1, -0.05) is 23.7 Å². The van der Waals surface area contributed by atoms with E-state index in [4.69, 9.17) is 11.6 Å². The van der Waals surface area contributed by atoms with Crippen LogP contribution in [-0.2, 0) is 0 Å². The Morgan fingerprint density at radius 1 is 1.38 bits per heavy atom. The molecule has 0 radical (unpaired) electrons. The molecule has 0 aliphatic rings. The predicted molar refractivity (Wildman–Crippen MR) is 63.9 cm³/mol. The molecule has 2 rings (SSSR count). The zero-order valence-electron chi connectivity index (χ0n) is 8.46. The molecular formula is C12H8ClFOS. The van der Waals surface area contributed by atoms with E-state index in [1.807, 2.05) is 0 Å². The molecule has 0 atom stereocenters. The number of ketones is 1. The van der Waals surface area contributed by atoms with Gasteiger partial charge in [0.2, 0.25) is 5.78 Å². The lowest BCUT2D eigenvalue weighted by molar-refractivity contribution is 0.104. The maximum absolute atomic E-state index is 13.3. The van der Waals surface area contributed by atoms with Crippen molar-refractivity contribution in [2.75, 3.05) is 0 Å². The van der Waals surface area contributed by atoms with Crippen molar-refractivity contribution in [3.8, 4) is 0 Å². The van der Waals surface area contributed by atoms with Crippen molar-refractivity contribution in [1.29, 1.82) is 0 Å². The summed E-state index contributed by atoms with van der Waals surface area (Å²) in [6, 6.07) is 6.10. The van der Waals surface area contributed by atoms with Gasteiger partial charge in [-0.2, -0.15) is 0 Å². The number of hydrogen-bond acceptors (Lipinski definition) is 2. The average Bonchev–Trinajstić information content (AvgIpc) is 2.67. The lowest BCUT2D eigenvalue weighted by Gasteiger charge is -2.01. The molecule has 0 aliphatic carbocycles. The molecule has 1 aromatic heterocycles. The van der Waals surface area contributed by atoms with Crippen LogP contribution >= 0.6 is 22.9 Å². The molecule has 0 N–H and O–H groups in total. The summed E-state index contributed by atoms with van der Waals surface area (Å²) in [6.45, 7) is 1.65. The second-order valence-electron chi connectivity index (χ2n) is 3.39. The Bertz CT molecular complexity index is 548. The molecule has 0 aliphatic heterocycles. The summed E-state index contributed by atoms with van der Waals surface area (Å²) < 4.78 is 13.3. The maximum atomic E-state index is 13.3. The molecule has 1 nitrogen and oxygen atoms in total. The SMILES string of the molecule is Cc1ccc(C(=O)c2sccc2Cl)cc1F. The van der Waals surface area contributed by atoms with E-state index in [0.29, 0.717) is 21.0 Å². The molecule has 1 heterocycles. The number of rotatable bonds is 2. The normalized spacial score (nSPS) is 10.4. The minimum Gasteiger partial charge on any atom is -0.288 e. The summed E-state index contributed by atoms with van der Waals surface area (Å²) in [7, 11) is 0. The molecule has 0 unspecified atom stereocenters. The molecule has 0 spiro atoms. The Balaban J connectivity index is 2.42. The third-order valence-corrected chi connectivity index (χ3v) is 3.60. The van der Waals surface area contributed by atoms with Crippen LogP contribution in [-0.4, -0.2) is 5.78 Å². The Labute approximate surface area is 101 Å². The fraction of sp³-hybridized carbons (Fsp3) is 0.0833. The number of aryl methyl sites for hydroxylation is 1. The number of carbonyl (C=O) groups excluding carboxylic acids is 1. The largest absolute Gasteiger partial charge is 0.288 e. The van der Waals surface area contributed by atoms with E-state index in [2.05, 4.69) is 0 Å². The molecular weight excluding hydrogens is 247 g/mol. The topological polar surface area (TPSA) is 17.1 Å². The zero-order valence-corrected chi connectivity index (χ0v) is 10.0. The molecule has 4 heteroatoms. The molecule has 0 saturated carbocycles. The van der Waals surface area contributed by atoms with Crippen molar-refractivity contribution in [2.24, 2.45) is 0 Å². The highest BCUT2D eigenvalue weighted by Crippen LogP contribution is 2.25. The second kappa shape index (κ2) is 4.36. The first-order chi connectivity index (χ1) is 7.59. The van der Waals surface area contributed by atoms with Crippen molar-refractivity contribution in [2.45, 2.75) is 6.92 Å². The number of halogens is 2. The summed E-state index contributed by atoms with van der Waals surface area (Å²) in [5, 5.41) is 2.15. The molecule has 0 fully saturated rings. The monoisotopic (exact) mass is 254 g/mol. The Kier molecular flexibility index (Phi) is 3.08. The highest BCUT2D eigenvalue weighted by Gasteiger charge is 2.15. The van der Waals surface area contributed by atoms with Crippen molar-refractivity contribution in [1.82, 2.24) is 0 Å². The smallest absolute Gasteiger partial charge is 0.204 e. The van der Waals surface area contributed by atoms with Gasteiger partial charge < -0.3 is 0 Å².